The zero-order valence-corrected chi connectivity index (χ0v) is 16.7. The molecule has 3 aromatic rings. The van der Waals surface area contributed by atoms with Gasteiger partial charge in [0, 0.05) is 47.5 Å². The molecule has 0 atom stereocenters. The van der Waals surface area contributed by atoms with E-state index in [-0.39, 0.29) is 0 Å². The largest absolute Gasteiger partial charge is 0.344 e. The van der Waals surface area contributed by atoms with Gasteiger partial charge in [0.05, 0.1) is 6.33 Å². The highest BCUT2D eigenvalue weighted by atomic mass is 32.1. The van der Waals surface area contributed by atoms with Crippen LogP contribution in [0.15, 0.2) is 42.9 Å². The van der Waals surface area contributed by atoms with Gasteiger partial charge in [0.1, 0.15) is 5.00 Å². The molecule has 0 aliphatic carbocycles. The van der Waals surface area contributed by atoms with E-state index in [2.05, 4.69) is 63.9 Å². The summed E-state index contributed by atoms with van der Waals surface area (Å²) in [6.07, 6.45) is 4.84. The Morgan fingerprint density at radius 2 is 2.00 bits per heavy atom. The molecule has 0 unspecified atom stereocenters. The molecule has 1 aliphatic rings. The first kappa shape index (κ1) is 17.2. The van der Waals surface area contributed by atoms with Gasteiger partial charge in [-0.05, 0) is 38.0 Å². The molecule has 26 heavy (non-hydrogen) atoms. The highest BCUT2D eigenvalue weighted by molar-refractivity contribution is 7.80. The second-order valence-corrected chi connectivity index (χ2v) is 8.25. The van der Waals surface area contributed by atoms with Crippen LogP contribution in [0.1, 0.15) is 22.6 Å². The predicted octanol–water partition coefficient (Wildman–Crippen LogP) is 4.83. The molecule has 0 spiro atoms. The lowest BCUT2D eigenvalue weighted by Crippen LogP contribution is -2.38. The third-order valence-electron chi connectivity index (χ3n) is 4.85. The molecule has 0 radical (unpaired) electrons. The van der Waals surface area contributed by atoms with E-state index in [4.69, 9.17) is 12.2 Å². The molecule has 1 aromatic carbocycles. The van der Waals surface area contributed by atoms with E-state index in [1.54, 1.807) is 11.3 Å². The number of nitrogens with one attached hydrogen (secondary N) is 1. The van der Waals surface area contributed by atoms with Crippen molar-refractivity contribution in [1.29, 1.82) is 0 Å². The maximum Gasteiger partial charge on any atom is 0.174 e. The average Bonchev–Trinajstić information content (AvgIpc) is 3.18. The molecule has 0 saturated carbocycles. The van der Waals surface area contributed by atoms with Crippen molar-refractivity contribution in [3.05, 3.63) is 59.0 Å². The number of rotatable bonds is 5. The van der Waals surface area contributed by atoms with E-state index in [1.807, 2.05) is 12.5 Å². The van der Waals surface area contributed by atoms with E-state index in [0.717, 1.165) is 31.2 Å². The van der Waals surface area contributed by atoms with Gasteiger partial charge in [-0.3, -0.25) is 0 Å². The molecule has 4 nitrogen and oxygen atoms in total. The summed E-state index contributed by atoms with van der Waals surface area (Å²) in [5, 5.41) is 5.49. The first-order valence-corrected chi connectivity index (χ1v) is 10.1. The molecular weight excluding hydrogens is 360 g/mol. The van der Waals surface area contributed by atoms with Crippen molar-refractivity contribution in [1.82, 2.24) is 14.5 Å². The second kappa shape index (κ2) is 7.21. The van der Waals surface area contributed by atoms with Gasteiger partial charge < -0.3 is 14.8 Å². The average molecular weight is 383 g/mol. The first-order valence-electron chi connectivity index (χ1n) is 8.84. The van der Waals surface area contributed by atoms with E-state index >= 15 is 0 Å². The molecule has 134 valence electrons. The fourth-order valence-corrected chi connectivity index (χ4v) is 4.91. The summed E-state index contributed by atoms with van der Waals surface area (Å²) < 4.78 is 2.19. The number of aromatic nitrogens is 2. The van der Waals surface area contributed by atoms with Crippen molar-refractivity contribution in [3.8, 4) is 11.1 Å². The Kier molecular flexibility index (Phi) is 4.78. The molecule has 3 heterocycles. The van der Waals surface area contributed by atoms with Crippen LogP contribution in [0.4, 0.5) is 5.00 Å². The SMILES string of the molecule is Cc1sc2c(c1-c1ccccc1)CN(CCCn1cncc1C)C(=S)N2. The number of thiophene rings is 1. The van der Waals surface area contributed by atoms with Crippen LogP contribution in [-0.2, 0) is 13.1 Å². The summed E-state index contributed by atoms with van der Waals surface area (Å²) in [5.74, 6) is 0. The highest BCUT2D eigenvalue weighted by Crippen LogP contribution is 2.42. The highest BCUT2D eigenvalue weighted by Gasteiger charge is 2.26. The Morgan fingerprint density at radius 3 is 2.73 bits per heavy atom. The van der Waals surface area contributed by atoms with Crippen molar-refractivity contribution >= 4 is 33.7 Å². The number of hydrogen-bond acceptors (Lipinski definition) is 3. The quantitative estimate of drug-likeness (QED) is 0.641. The Hall–Kier alpha value is -2.18. The van der Waals surface area contributed by atoms with E-state index < -0.39 is 0 Å². The van der Waals surface area contributed by atoms with Gasteiger partial charge in [-0.2, -0.15) is 0 Å². The predicted molar refractivity (Wildman–Crippen MR) is 113 cm³/mol. The molecule has 0 amide bonds. The third kappa shape index (κ3) is 3.27. The van der Waals surface area contributed by atoms with Crippen LogP contribution in [0, 0.1) is 13.8 Å². The number of nitrogens with zero attached hydrogens (tertiary/aromatic N) is 3. The molecular formula is C20H22N4S2. The lowest BCUT2D eigenvalue weighted by Gasteiger charge is -2.31. The second-order valence-electron chi connectivity index (χ2n) is 6.64. The van der Waals surface area contributed by atoms with Gasteiger partial charge >= 0.3 is 0 Å². The number of aryl methyl sites for hydroxylation is 3. The minimum Gasteiger partial charge on any atom is -0.344 e. The standard InChI is InChI=1S/C20H22N4S2/c1-14-11-21-13-24(14)10-6-9-23-12-17-18(16-7-4-3-5-8-16)15(2)26-19(17)22-20(23)25/h3-5,7-8,11,13H,6,9-10,12H2,1-2H3,(H,22,25). The van der Waals surface area contributed by atoms with E-state index in [1.165, 1.54) is 32.3 Å². The Labute approximate surface area is 163 Å². The van der Waals surface area contributed by atoms with Crippen molar-refractivity contribution < 1.29 is 0 Å². The molecule has 0 saturated heterocycles. The van der Waals surface area contributed by atoms with Crippen LogP contribution in [0.3, 0.4) is 0 Å². The summed E-state index contributed by atoms with van der Waals surface area (Å²) in [6, 6.07) is 10.6. The van der Waals surface area contributed by atoms with Crippen molar-refractivity contribution in [3.63, 3.8) is 0 Å². The number of benzene rings is 1. The topological polar surface area (TPSA) is 33.1 Å². The summed E-state index contributed by atoms with van der Waals surface area (Å²) >= 11 is 7.42. The van der Waals surface area contributed by atoms with Crippen LogP contribution in [0.5, 0.6) is 0 Å². The zero-order chi connectivity index (χ0) is 18.1. The fourth-order valence-electron chi connectivity index (χ4n) is 3.50. The first-order chi connectivity index (χ1) is 12.6. The van der Waals surface area contributed by atoms with Crippen LogP contribution in [0.2, 0.25) is 0 Å². The molecule has 1 N–H and O–H groups in total. The van der Waals surface area contributed by atoms with Crippen molar-refractivity contribution in [2.24, 2.45) is 0 Å². The molecule has 0 fully saturated rings. The van der Waals surface area contributed by atoms with Crippen LogP contribution in [-0.4, -0.2) is 26.1 Å². The minimum atomic E-state index is 0.834. The number of hydrogen-bond donors (Lipinski definition) is 1. The zero-order valence-electron chi connectivity index (χ0n) is 15.0. The summed E-state index contributed by atoms with van der Waals surface area (Å²) in [4.78, 5) is 7.81. The van der Waals surface area contributed by atoms with Crippen LogP contribution in [0.25, 0.3) is 11.1 Å². The molecule has 1 aliphatic heterocycles. The normalized spacial score (nSPS) is 13.6. The van der Waals surface area contributed by atoms with E-state index in [0.29, 0.717) is 0 Å². The Morgan fingerprint density at radius 1 is 1.19 bits per heavy atom. The minimum absolute atomic E-state index is 0.834. The van der Waals surface area contributed by atoms with E-state index in [9.17, 15) is 0 Å². The van der Waals surface area contributed by atoms with Crippen molar-refractivity contribution in [2.45, 2.75) is 33.4 Å². The Balaban J connectivity index is 1.52. The van der Waals surface area contributed by atoms with Gasteiger partial charge in [0.25, 0.3) is 0 Å². The van der Waals surface area contributed by atoms with Gasteiger partial charge in [-0.25, -0.2) is 4.98 Å². The Bertz CT molecular complexity index is 927. The maximum absolute atomic E-state index is 5.61. The smallest absolute Gasteiger partial charge is 0.174 e. The maximum atomic E-state index is 5.61. The van der Waals surface area contributed by atoms with Gasteiger partial charge in [0.2, 0.25) is 0 Å². The fraction of sp³-hybridized carbons (Fsp3) is 0.300. The third-order valence-corrected chi connectivity index (χ3v) is 6.27. The van der Waals surface area contributed by atoms with Gasteiger partial charge in [-0.15, -0.1) is 11.3 Å². The van der Waals surface area contributed by atoms with Gasteiger partial charge in [-0.1, -0.05) is 30.3 Å². The molecule has 4 rings (SSSR count). The summed E-state index contributed by atoms with van der Waals surface area (Å²) in [6.45, 7) is 7.06. The molecule has 6 heteroatoms. The van der Waals surface area contributed by atoms with Crippen molar-refractivity contribution in [2.75, 3.05) is 11.9 Å². The summed E-state index contributed by atoms with van der Waals surface area (Å²) in [5.41, 5.74) is 5.21. The monoisotopic (exact) mass is 382 g/mol. The number of thiocarbonyl (C=S) groups is 1. The summed E-state index contributed by atoms with van der Waals surface area (Å²) in [7, 11) is 0. The molecule has 0 bridgehead atoms. The van der Waals surface area contributed by atoms with Crippen LogP contribution >= 0.6 is 23.6 Å². The van der Waals surface area contributed by atoms with Gasteiger partial charge in [0.15, 0.2) is 5.11 Å². The number of fused-ring (bicyclic) bond motifs is 1. The molecule has 2 aromatic heterocycles. The van der Waals surface area contributed by atoms with Crippen LogP contribution < -0.4 is 5.32 Å². The number of imidazole rings is 1. The lowest BCUT2D eigenvalue weighted by molar-refractivity contribution is 0.392. The number of anilines is 1. The lowest BCUT2D eigenvalue weighted by atomic mass is 10.0.